The molecule has 0 radical (unpaired) electrons. The van der Waals surface area contributed by atoms with Gasteiger partial charge in [0, 0.05) is 25.6 Å². The quantitative estimate of drug-likeness (QED) is 0.579. The lowest BCUT2D eigenvalue weighted by atomic mass is 10.2. The van der Waals surface area contributed by atoms with Gasteiger partial charge in [0.15, 0.2) is 0 Å². The Morgan fingerprint density at radius 1 is 1.21 bits per heavy atom. The van der Waals surface area contributed by atoms with E-state index < -0.39 is 0 Å². The third kappa shape index (κ3) is 7.30. The minimum atomic E-state index is 0.210. The van der Waals surface area contributed by atoms with Crippen LogP contribution in [0.15, 0.2) is 0 Å². The molecule has 0 aromatic rings. The number of rotatable bonds is 9. The first kappa shape index (κ1) is 13.9. The van der Waals surface area contributed by atoms with E-state index in [1.54, 1.807) is 0 Å². The molecule has 1 N–H and O–H groups in total. The Balaban J connectivity index is 3.49. The van der Waals surface area contributed by atoms with Gasteiger partial charge < -0.3 is 9.84 Å². The van der Waals surface area contributed by atoms with Crippen LogP contribution >= 0.6 is 0 Å². The van der Waals surface area contributed by atoms with Crippen molar-refractivity contribution < 1.29 is 9.84 Å². The van der Waals surface area contributed by atoms with Gasteiger partial charge >= 0.3 is 0 Å². The van der Waals surface area contributed by atoms with Crippen molar-refractivity contribution in [1.82, 2.24) is 4.90 Å². The van der Waals surface area contributed by atoms with Crippen molar-refractivity contribution in [2.45, 2.75) is 33.6 Å². The highest BCUT2D eigenvalue weighted by Crippen LogP contribution is 1.98. The van der Waals surface area contributed by atoms with E-state index in [0.29, 0.717) is 13.3 Å². The van der Waals surface area contributed by atoms with E-state index >= 15 is 0 Å². The molecule has 0 saturated heterocycles. The van der Waals surface area contributed by atoms with Gasteiger partial charge in [-0.05, 0) is 12.8 Å². The molecule has 0 aromatic heterocycles. The van der Waals surface area contributed by atoms with Gasteiger partial charge in [-0.2, -0.15) is 0 Å². The molecule has 0 fully saturated rings. The zero-order chi connectivity index (χ0) is 10.8. The molecule has 3 heteroatoms. The molecule has 0 rings (SSSR count). The lowest BCUT2D eigenvalue weighted by molar-refractivity contribution is 0.00439. The van der Waals surface area contributed by atoms with E-state index in [9.17, 15) is 0 Å². The van der Waals surface area contributed by atoms with E-state index in [2.05, 4.69) is 18.7 Å². The minimum Gasteiger partial charge on any atom is -0.396 e. The Labute approximate surface area is 88.1 Å². The number of hydrogen-bond acceptors (Lipinski definition) is 3. The van der Waals surface area contributed by atoms with Crippen molar-refractivity contribution in [3.05, 3.63) is 0 Å². The predicted octanol–water partition coefficient (Wildman–Crippen LogP) is 1.71. The van der Waals surface area contributed by atoms with Gasteiger partial charge in [-0.15, -0.1) is 0 Å². The molecule has 14 heavy (non-hydrogen) atoms. The van der Waals surface area contributed by atoms with Gasteiger partial charge in [0.05, 0.1) is 13.3 Å². The van der Waals surface area contributed by atoms with Crippen LogP contribution < -0.4 is 0 Å². The maximum Gasteiger partial charge on any atom is 0.0990 e. The van der Waals surface area contributed by atoms with E-state index in [1.165, 1.54) is 12.8 Å². The number of nitrogens with zero attached hydrogens (tertiary/aromatic N) is 1. The monoisotopic (exact) mass is 203 g/mol. The van der Waals surface area contributed by atoms with Gasteiger partial charge in [0.1, 0.15) is 0 Å². The third-order valence-electron chi connectivity index (χ3n) is 2.07. The molecular weight excluding hydrogens is 178 g/mol. The summed E-state index contributed by atoms with van der Waals surface area (Å²) in [7, 11) is 0. The molecule has 0 aliphatic heterocycles. The average molecular weight is 203 g/mol. The first-order valence-corrected chi connectivity index (χ1v) is 5.65. The lowest BCUT2D eigenvalue weighted by Gasteiger charge is -2.21. The van der Waals surface area contributed by atoms with Gasteiger partial charge in [-0.1, -0.05) is 20.8 Å². The molecule has 0 amide bonds. The Bertz CT molecular complexity index is 114. The fraction of sp³-hybridized carbons (Fsp3) is 1.00. The standard InChI is InChI=1S/C11H25NO2/c1-4-6-12(7-5-2)10-14-9-11(3)8-13/h11,13H,4-10H2,1-3H3. The Hall–Kier alpha value is -0.120. The van der Waals surface area contributed by atoms with Crippen molar-refractivity contribution in [2.75, 3.05) is 33.0 Å². The van der Waals surface area contributed by atoms with Crippen molar-refractivity contribution in [3.63, 3.8) is 0 Å². The molecular formula is C11H25NO2. The highest BCUT2D eigenvalue weighted by Gasteiger charge is 2.04. The summed E-state index contributed by atoms with van der Waals surface area (Å²) in [6.45, 7) is 10.1. The minimum absolute atomic E-state index is 0.210. The van der Waals surface area contributed by atoms with E-state index in [0.717, 1.165) is 13.1 Å². The summed E-state index contributed by atoms with van der Waals surface area (Å²) < 4.78 is 5.52. The maximum absolute atomic E-state index is 8.81. The highest BCUT2D eigenvalue weighted by molar-refractivity contribution is 4.51. The Morgan fingerprint density at radius 2 is 1.79 bits per heavy atom. The van der Waals surface area contributed by atoms with E-state index in [4.69, 9.17) is 9.84 Å². The van der Waals surface area contributed by atoms with E-state index in [-0.39, 0.29) is 12.5 Å². The Morgan fingerprint density at radius 3 is 2.21 bits per heavy atom. The summed E-state index contributed by atoms with van der Waals surface area (Å²) in [5, 5.41) is 8.81. The van der Waals surface area contributed by atoms with Crippen LogP contribution in [0.5, 0.6) is 0 Å². The predicted molar refractivity (Wildman–Crippen MR) is 59.2 cm³/mol. The van der Waals surface area contributed by atoms with Crippen LogP contribution in [-0.4, -0.2) is 43.0 Å². The summed E-state index contributed by atoms with van der Waals surface area (Å²) in [5.74, 6) is 0.250. The molecule has 3 nitrogen and oxygen atoms in total. The van der Waals surface area contributed by atoms with Gasteiger partial charge in [0.25, 0.3) is 0 Å². The smallest absolute Gasteiger partial charge is 0.0990 e. The van der Waals surface area contributed by atoms with Crippen LogP contribution in [-0.2, 0) is 4.74 Å². The zero-order valence-corrected chi connectivity index (χ0v) is 9.83. The molecule has 0 saturated carbocycles. The highest BCUT2D eigenvalue weighted by atomic mass is 16.5. The van der Waals surface area contributed by atoms with Crippen LogP contribution in [0, 0.1) is 5.92 Å². The molecule has 0 bridgehead atoms. The molecule has 1 atom stereocenters. The summed E-state index contributed by atoms with van der Waals surface area (Å²) in [6, 6.07) is 0. The average Bonchev–Trinajstić information content (AvgIpc) is 2.18. The van der Waals surface area contributed by atoms with Crippen LogP contribution in [0.2, 0.25) is 0 Å². The summed E-state index contributed by atoms with van der Waals surface area (Å²) in [5.41, 5.74) is 0. The first-order valence-electron chi connectivity index (χ1n) is 5.65. The topological polar surface area (TPSA) is 32.7 Å². The van der Waals surface area contributed by atoms with E-state index in [1.807, 2.05) is 6.92 Å². The van der Waals surface area contributed by atoms with Crippen molar-refractivity contribution in [3.8, 4) is 0 Å². The van der Waals surface area contributed by atoms with Crippen molar-refractivity contribution in [1.29, 1.82) is 0 Å². The molecule has 1 unspecified atom stereocenters. The van der Waals surface area contributed by atoms with Gasteiger partial charge in [-0.25, -0.2) is 0 Å². The summed E-state index contributed by atoms with van der Waals surface area (Å²) in [4.78, 5) is 2.31. The van der Waals surface area contributed by atoms with Crippen LogP contribution in [0.4, 0.5) is 0 Å². The number of aliphatic hydroxyl groups excluding tert-OH is 1. The summed E-state index contributed by atoms with van der Waals surface area (Å²) >= 11 is 0. The molecule has 0 aromatic carbocycles. The third-order valence-corrected chi connectivity index (χ3v) is 2.07. The molecule has 0 heterocycles. The van der Waals surface area contributed by atoms with Crippen LogP contribution in [0.25, 0.3) is 0 Å². The maximum atomic E-state index is 8.81. The van der Waals surface area contributed by atoms with Gasteiger partial charge in [-0.3, -0.25) is 4.90 Å². The fourth-order valence-electron chi connectivity index (χ4n) is 1.31. The van der Waals surface area contributed by atoms with Crippen LogP contribution in [0.1, 0.15) is 33.6 Å². The fourth-order valence-corrected chi connectivity index (χ4v) is 1.31. The van der Waals surface area contributed by atoms with Crippen molar-refractivity contribution in [2.24, 2.45) is 5.92 Å². The molecule has 86 valence electrons. The second kappa shape index (κ2) is 9.44. The second-order valence-electron chi connectivity index (χ2n) is 3.91. The SMILES string of the molecule is CCCN(CCC)COCC(C)CO. The first-order chi connectivity index (χ1) is 6.74. The zero-order valence-electron chi connectivity index (χ0n) is 9.83. The second-order valence-corrected chi connectivity index (χ2v) is 3.91. The molecule has 0 aliphatic rings. The Kier molecular flexibility index (Phi) is 9.35. The normalized spacial score (nSPS) is 13.5. The number of aliphatic hydroxyl groups is 1. The molecule has 0 aliphatic carbocycles. The van der Waals surface area contributed by atoms with Gasteiger partial charge in [0.2, 0.25) is 0 Å². The van der Waals surface area contributed by atoms with Crippen molar-refractivity contribution >= 4 is 0 Å². The summed E-state index contributed by atoms with van der Waals surface area (Å²) in [6.07, 6.45) is 2.33. The van der Waals surface area contributed by atoms with Crippen LogP contribution in [0.3, 0.4) is 0 Å². The number of hydrogen-bond donors (Lipinski definition) is 1. The number of ether oxygens (including phenoxy) is 1. The largest absolute Gasteiger partial charge is 0.396 e. The lowest BCUT2D eigenvalue weighted by Crippen LogP contribution is -2.29. The molecule has 0 spiro atoms.